The van der Waals surface area contributed by atoms with Crippen LogP contribution in [0.3, 0.4) is 0 Å². The second kappa shape index (κ2) is 6.68. The van der Waals surface area contributed by atoms with Crippen molar-refractivity contribution >= 4 is 6.29 Å². The quantitative estimate of drug-likeness (QED) is 0.755. The van der Waals surface area contributed by atoms with Crippen LogP contribution in [0, 0.1) is 0 Å². The average Bonchev–Trinajstić information content (AvgIpc) is 2.48. The lowest BCUT2D eigenvalue weighted by molar-refractivity contribution is 0.112. The van der Waals surface area contributed by atoms with E-state index in [9.17, 15) is 4.79 Å². The van der Waals surface area contributed by atoms with Crippen LogP contribution in [-0.4, -0.2) is 55.9 Å². The van der Waals surface area contributed by atoms with E-state index in [1.165, 1.54) is 0 Å². The molecule has 1 aromatic carbocycles. The van der Waals surface area contributed by atoms with Gasteiger partial charge in [-0.3, -0.25) is 9.69 Å². The minimum Gasteiger partial charge on any atom is -0.496 e. The average molecular weight is 262 g/mol. The van der Waals surface area contributed by atoms with Gasteiger partial charge in [0.25, 0.3) is 0 Å². The van der Waals surface area contributed by atoms with Gasteiger partial charge < -0.3 is 9.64 Å². The highest BCUT2D eigenvalue weighted by Gasteiger charge is 2.17. The molecule has 0 aliphatic carbocycles. The molecule has 4 heteroatoms. The van der Waals surface area contributed by atoms with Crippen molar-refractivity contribution in [1.29, 1.82) is 0 Å². The number of aldehydes is 1. The maximum atomic E-state index is 10.9. The number of methoxy groups -OCH3 is 1. The molecule has 19 heavy (non-hydrogen) atoms. The largest absolute Gasteiger partial charge is 0.496 e. The van der Waals surface area contributed by atoms with Gasteiger partial charge in [0.15, 0.2) is 0 Å². The first kappa shape index (κ1) is 14.0. The maximum absolute atomic E-state index is 10.9. The van der Waals surface area contributed by atoms with Gasteiger partial charge in [-0.25, -0.2) is 0 Å². The van der Waals surface area contributed by atoms with E-state index in [0.717, 1.165) is 56.9 Å². The van der Waals surface area contributed by atoms with Crippen LogP contribution in [0.2, 0.25) is 0 Å². The third-order valence-corrected chi connectivity index (χ3v) is 3.75. The summed E-state index contributed by atoms with van der Waals surface area (Å²) < 4.78 is 5.38. The second-order valence-electron chi connectivity index (χ2n) is 4.90. The van der Waals surface area contributed by atoms with Crippen molar-refractivity contribution in [3.8, 4) is 5.75 Å². The van der Waals surface area contributed by atoms with Gasteiger partial charge in [0.05, 0.1) is 7.11 Å². The van der Waals surface area contributed by atoms with Crippen molar-refractivity contribution in [2.24, 2.45) is 0 Å². The molecule has 1 aromatic rings. The van der Waals surface area contributed by atoms with E-state index in [0.29, 0.717) is 5.56 Å². The van der Waals surface area contributed by atoms with Crippen LogP contribution in [0.1, 0.15) is 22.8 Å². The minimum absolute atomic E-state index is 0.711. The zero-order valence-corrected chi connectivity index (χ0v) is 11.8. The van der Waals surface area contributed by atoms with Gasteiger partial charge in [0.2, 0.25) is 0 Å². The molecule has 1 fully saturated rings. The van der Waals surface area contributed by atoms with Gasteiger partial charge in [0, 0.05) is 43.9 Å². The highest BCUT2D eigenvalue weighted by atomic mass is 16.5. The molecule has 0 bridgehead atoms. The van der Waals surface area contributed by atoms with Gasteiger partial charge in [0.1, 0.15) is 12.0 Å². The van der Waals surface area contributed by atoms with Crippen molar-refractivity contribution in [3.63, 3.8) is 0 Å². The van der Waals surface area contributed by atoms with E-state index < -0.39 is 0 Å². The summed E-state index contributed by atoms with van der Waals surface area (Å²) in [4.78, 5) is 15.7. The summed E-state index contributed by atoms with van der Waals surface area (Å²) in [6, 6.07) is 5.60. The Morgan fingerprint density at radius 3 is 2.47 bits per heavy atom. The molecule has 4 nitrogen and oxygen atoms in total. The molecular formula is C15H22N2O2. The van der Waals surface area contributed by atoms with Crippen LogP contribution in [-0.2, 0) is 6.54 Å². The molecule has 1 heterocycles. The number of piperazine rings is 1. The normalized spacial score (nSPS) is 17.4. The van der Waals surface area contributed by atoms with Gasteiger partial charge in [-0.2, -0.15) is 0 Å². The van der Waals surface area contributed by atoms with Crippen LogP contribution in [0.15, 0.2) is 18.2 Å². The van der Waals surface area contributed by atoms with Gasteiger partial charge in [-0.1, -0.05) is 6.92 Å². The molecule has 2 rings (SSSR count). The van der Waals surface area contributed by atoms with Crippen molar-refractivity contribution in [1.82, 2.24) is 9.80 Å². The van der Waals surface area contributed by atoms with Crippen LogP contribution in [0.25, 0.3) is 0 Å². The smallest absolute Gasteiger partial charge is 0.150 e. The van der Waals surface area contributed by atoms with Gasteiger partial charge in [-0.15, -0.1) is 0 Å². The molecule has 0 aromatic heterocycles. The predicted octanol–water partition coefficient (Wildman–Crippen LogP) is 1.65. The highest BCUT2D eigenvalue weighted by Crippen LogP contribution is 2.21. The van der Waals surface area contributed by atoms with Crippen LogP contribution < -0.4 is 4.74 Å². The number of hydrogen-bond donors (Lipinski definition) is 0. The lowest BCUT2D eigenvalue weighted by Crippen LogP contribution is -2.45. The second-order valence-corrected chi connectivity index (χ2v) is 4.90. The summed E-state index contributed by atoms with van der Waals surface area (Å²) in [6.45, 7) is 8.55. The molecule has 0 radical (unpaired) electrons. The standard InChI is InChI=1S/C15H22N2O2/c1-3-16-6-8-17(9-7-16)11-14-10-13(12-18)4-5-15(14)19-2/h4-5,10,12H,3,6-9,11H2,1-2H3. The zero-order valence-electron chi connectivity index (χ0n) is 11.8. The first-order valence-electron chi connectivity index (χ1n) is 6.83. The molecule has 0 unspecified atom stereocenters. The Bertz CT molecular complexity index is 426. The van der Waals surface area contributed by atoms with Crippen molar-refractivity contribution in [2.75, 3.05) is 39.8 Å². The molecular weight excluding hydrogens is 240 g/mol. The first-order valence-corrected chi connectivity index (χ1v) is 6.83. The lowest BCUT2D eigenvalue weighted by Gasteiger charge is -2.34. The molecule has 0 N–H and O–H groups in total. The number of benzene rings is 1. The molecule has 1 aliphatic rings. The summed E-state index contributed by atoms with van der Waals surface area (Å²) in [5, 5.41) is 0. The van der Waals surface area contributed by atoms with E-state index in [-0.39, 0.29) is 0 Å². The third kappa shape index (κ3) is 3.55. The van der Waals surface area contributed by atoms with Crippen LogP contribution in [0.5, 0.6) is 5.75 Å². The van der Waals surface area contributed by atoms with Crippen LogP contribution in [0.4, 0.5) is 0 Å². The SMILES string of the molecule is CCN1CCN(Cc2cc(C=O)ccc2OC)CC1. The fraction of sp³-hybridized carbons (Fsp3) is 0.533. The number of hydrogen-bond acceptors (Lipinski definition) is 4. The molecule has 1 saturated heterocycles. The molecule has 104 valence electrons. The van der Waals surface area contributed by atoms with Crippen molar-refractivity contribution in [3.05, 3.63) is 29.3 Å². The molecule has 0 atom stereocenters. The van der Waals surface area contributed by atoms with Gasteiger partial charge in [-0.05, 0) is 24.7 Å². The Kier molecular flexibility index (Phi) is 4.93. The van der Waals surface area contributed by atoms with E-state index in [4.69, 9.17) is 4.74 Å². The number of likely N-dealkylation sites (N-methyl/N-ethyl adjacent to an activating group) is 1. The summed E-state index contributed by atoms with van der Waals surface area (Å²) >= 11 is 0. The number of rotatable bonds is 5. The molecule has 1 aliphatic heterocycles. The van der Waals surface area contributed by atoms with Crippen LogP contribution >= 0.6 is 0 Å². The number of carbonyl (C=O) groups excluding carboxylic acids is 1. The predicted molar refractivity (Wildman–Crippen MR) is 75.8 cm³/mol. The van der Waals surface area contributed by atoms with Crippen molar-refractivity contribution in [2.45, 2.75) is 13.5 Å². The Balaban J connectivity index is 2.04. The van der Waals surface area contributed by atoms with Gasteiger partial charge >= 0.3 is 0 Å². The Morgan fingerprint density at radius 1 is 1.21 bits per heavy atom. The van der Waals surface area contributed by atoms with E-state index in [1.54, 1.807) is 13.2 Å². The van der Waals surface area contributed by atoms with Crippen molar-refractivity contribution < 1.29 is 9.53 Å². The van der Waals surface area contributed by atoms with E-state index in [2.05, 4.69) is 16.7 Å². The summed E-state index contributed by atoms with van der Waals surface area (Å²) in [5.74, 6) is 0.864. The molecule has 0 saturated carbocycles. The first-order chi connectivity index (χ1) is 9.26. The molecule has 0 spiro atoms. The fourth-order valence-corrected chi connectivity index (χ4v) is 2.50. The highest BCUT2D eigenvalue weighted by molar-refractivity contribution is 5.75. The minimum atomic E-state index is 0.711. The Morgan fingerprint density at radius 2 is 1.89 bits per heavy atom. The summed E-state index contributed by atoms with van der Waals surface area (Å²) in [7, 11) is 1.68. The number of nitrogens with zero attached hydrogens (tertiary/aromatic N) is 2. The molecule has 0 amide bonds. The third-order valence-electron chi connectivity index (χ3n) is 3.75. The Hall–Kier alpha value is -1.39. The monoisotopic (exact) mass is 262 g/mol. The Labute approximate surface area is 115 Å². The van der Waals surface area contributed by atoms with E-state index in [1.807, 2.05) is 12.1 Å². The zero-order chi connectivity index (χ0) is 13.7. The van der Waals surface area contributed by atoms with E-state index >= 15 is 0 Å². The number of carbonyl (C=O) groups is 1. The topological polar surface area (TPSA) is 32.8 Å². The summed E-state index contributed by atoms with van der Waals surface area (Å²) in [6.07, 6.45) is 0.887. The number of ether oxygens (including phenoxy) is 1. The lowest BCUT2D eigenvalue weighted by atomic mass is 10.1. The summed E-state index contributed by atoms with van der Waals surface area (Å²) in [5.41, 5.74) is 1.81. The fourth-order valence-electron chi connectivity index (χ4n) is 2.50. The maximum Gasteiger partial charge on any atom is 0.150 e.